The number of rotatable bonds is 6. The largest absolute Gasteiger partial charge is 0.308 e. The van der Waals surface area contributed by atoms with Crippen molar-refractivity contribution >= 4 is 34.3 Å². The number of benzene rings is 1. The van der Waals surface area contributed by atoms with Gasteiger partial charge in [-0.2, -0.15) is 0 Å². The van der Waals surface area contributed by atoms with Gasteiger partial charge in [0.1, 0.15) is 0 Å². The smallest absolute Gasteiger partial charge is 0.280 e. The van der Waals surface area contributed by atoms with E-state index >= 15 is 0 Å². The first-order chi connectivity index (χ1) is 9.97. The van der Waals surface area contributed by atoms with Gasteiger partial charge in [0, 0.05) is 29.6 Å². The normalized spacial score (nSPS) is 10.5. The lowest BCUT2D eigenvalue weighted by molar-refractivity contribution is -0.394. The Labute approximate surface area is 128 Å². The zero-order valence-electron chi connectivity index (χ0n) is 10.6. The third kappa shape index (κ3) is 3.97. The van der Waals surface area contributed by atoms with Gasteiger partial charge < -0.3 is 5.32 Å². The lowest BCUT2D eigenvalue weighted by Gasteiger charge is -2.04. The molecule has 7 nitrogen and oxygen atoms in total. The Hall–Kier alpha value is -2.03. The maximum Gasteiger partial charge on any atom is 0.280 e. The second kappa shape index (κ2) is 6.61. The van der Waals surface area contributed by atoms with Crippen molar-refractivity contribution in [3.05, 3.63) is 65.3 Å². The maximum absolute atomic E-state index is 11.0. The van der Waals surface area contributed by atoms with E-state index in [9.17, 15) is 20.2 Å². The van der Waals surface area contributed by atoms with Gasteiger partial charge in [-0.15, -0.1) is 11.3 Å². The van der Waals surface area contributed by atoms with E-state index in [1.54, 1.807) is 6.07 Å². The zero-order valence-corrected chi connectivity index (χ0v) is 12.2. The molecule has 0 aliphatic heterocycles. The van der Waals surface area contributed by atoms with Crippen molar-refractivity contribution in [1.29, 1.82) is 0 Å². The molecule has 9 heteroatoms. The van der Waals surface area contributed by atoms with Crippen molar-refractivity contribution in [2.24, 2.45) is 0 Å². The van der Waals surface area contributed by atoms with Crippen LogP contribution in [0.5, 0.6) is 0 Å². The molecular formula is C12H10ClN3O4S. The van der Waals surface area contributed by atoms with Crippen LogP contribution in [0.4, 0.5) is 11.4 Å². The molecule has 0 atom stereocenters. The van der Waals surface area contributed by atoms with Crippen LogP contribution in [0, 0.1) is 20.2 Å². The minimum atomic E-state index is -0.655. The van der Waals surface area contributed by atoms with Crippen molar-refractivity contribution in [3.8, 4) is 0 Å². The summed E-state index contributed by atoms with van der Waals surface area (Å²) >= 11 is 7.23. The molecule has 0 unspecified atom stereocenters. The minimum absolute atomic E-state index is 0.240. The second-order valence-electron chi connectivity index (χ2n) is 4.14. The standard InChI is InChI=1S/C12H10ClN3O4S/c13-12-4-3-10(21-12)7-14-6-8-1-2-9(15(17)18)5-11(8)16(19)20/h1-5,14H,6-7H2. The SMILES string of the molecule is O=[N+]([O-])c1ccc(CNCc2ccc(Cl)s2)c([N+](=O)[O-])c1. The Morgan fingerprint density at radius 1 is 1.10 bits per heavy atom. The number of thiophene rings is 1. The lowest BCUT2D eigenvalue weighted by atomic mass is 10.1. The van der Waals surface area contributed by atoms with Gasteiger partial charge in [0.15, 0.2) is 0 Å². The Morgan fingerprint density at radius 2 is 1.86 bits per heavy atom. The molecule has 1 N–H and O–H groups in total. The summed E-state index contributed by atoms with van der Waals surface area (Å²) in [6.45, 7) is 0.759. The molecule has 110 valence electrons. The molecule has 0 fully saturated rings. The first-order valence-corrected chi connectivity index (χ1v) is 7.03. The van der Waals surface area contributed by atoms with Crippen LogP contribution in [-0.2, 0) is 13.1 Å². The van der Waals surface area contributed by atoms with E-state index in [0.29, 0.717) is 16.4 Å². The van der Waals surface area contributed by atoms with Crippen LogP contribution in [0.25, 0.3) is 0 Å². The van der Waals surface area contributed by atoms with Crippen LogP contribution < -0.4 is 5.32 Å². The molecule has 0 amide bonds. The van der Waals surface area contributed by atoms with E-state index < -0.39 is 9.85 Å². The molecule has 1 aromatic carbocycles. The Kier molecular flexibility index (Phi) is 4.84. The number of halogens is 1. The molecule has 0 aliphatic rings. The first kappa shape index (κ1) is 15.4. The van der Waals surface area contributed by atoms with Crippen molar-refractivity contribution in [1.82, 2.24) is 5.32 Å². The number of nitro benzene ring substituents is 2. The van der Waals surface area contributed by atoms with Crippen molar-refractivity contribution in [2.45, 2.75) is 13.1 Å². The number of nitrogens with one attached hydrogen (secondary N) is 1. The number of nitro groups is 2. The predicted molar refractivity (Wildman–Crippen MR) is 79.6 cm³/mol. The molecular weight excluding hydrogens is 318 g/mol. The molecule has 21 heavy (non-hydrogen) atoms. The molecule has 0 saturated carbocycles. The number of hydrogen-bond acceptors (Lipinski definition) is 6. The van der Waals surface area contributed by atoms with Crippen LogP contribution in [0.2, 0.25) is 4.34 Å². The fourth-order valence-electron chi connectivity index (χ4n) is 1.75. The highest BCUT2D eigenvalue weighted by Crippen LogP contribution is 2.25. The highest BCUT2D eigenvalue weighted by molar-refractivity contribution is 7.16. The van der Waals surface area contributed by atoms with Crippen molar-refractivity contribution < 1.29 is 9.85 Å². The highest BCUT2D eigenvalue weighted by atomic mass is 35.5. The molecule has 0 radical (unpaired) electrons. The molecule has 0 aliphatic carbocycles. The molecule has 2 rings (SSSR count). The van der Waals surface area contributed by atoms with Gasteiger partial charge in [0.25, 0.3) is 11.4 Å². The monoisotopic (exact) mass is 327 g/mol. The topological polar surface area (TPSA) is 98.3 Å². The zero-order chi connectivity index (χ0) is 15.4. The number of non-ortho nitro benzene ring substituents is 1. The molecule has 0 spiro atoms. The second-order valence-corrected chi connectivity index (χ2v) is 5.94. The van der Waals surface area contributed by atoms with Gasteiger partial charge in [-0.1, -0.05) is 11.6 Å². The third-order valence-electron chi connectivity index (χ3n) is 2.72. The molecule has 1 heterocycles. The van der Waals surface area contributed by atoms with Crippen LogP contribution in [-0.4, -0.2) is 9.85 Å². The first-order valence-electron chi connectivity index (χ1n) is 5.84. The minimum Gasteiger partial charge on any atom is -0.308 e. The average Bonchev–Trinajstić information content (AvgIpc) is 2.84. The van der Waals surface area contributed by atoms with Gasteiger partial charge in [-0.05, 0) is 18.2 Å². The Morgan fingerprint density at radius 3 is 2.43 bits per heavy atom. The lowest BCUT2D eigenvalue weighted by Crippen LogP contribution is -2.13. The van der Waals surface area contributed by atoms with Crippen molar-refractivity contribution in [2.75, 3.05) is 0 Å². The van der Waals surface area contributed by atoms with E-state index in [1.807, 2.05) is 6.07 Å². The quantitative estimate of drug-likeness (QED) is 0.646. The fraction of sp³-hybridized carbons (Fsp3) is 0.167. The summed E-state index contributed by atoms with van der Waals surface area (Å²) in [5, 5.41) is 24.7. The van der Waals surface area contributed by atoms with E-state index in [-0.39, 0.29) is 17.9 Å². The summed E-state index contributed by atoms with van der Waals surface area (Å²) in [5.74, 6) is 0. The number of hydrogen-bond donors (Lipinski definition) is 1. The van der Waals surface area contributed by atoms with E-state index in [0.717, 1.165) is 10.9 Å². The third-order valence-corrected chi connectivity index (χ3v) is 3.95. The summed E-state index contributed by atoms with van der Waals surface area (Å²) in [7, 11) is 0. The van der Waals surface area contributed by atoms with Crippen LogP contribution >= 0.6 is 22.9 Å². The average molecular weight is 328 g/mol. The van der Waals surface area contributed by atoms with Gasteiger partial charge in [0.2, 0.25) is 0 Å². The summed E-state index contributed by atoms with van der Waals surface area (Å²) in [6.07, 6.45) is 0. The van der Waals surface area contributed by atoms with E-state index in [1.165, 1.54) is 23.5 Å². The van der Waals surface area contributed by atoms with Crippen molar-refractivity contribution in [3.63, 3.8) is 0 Å². The van der Waals surface area contributed by atoms with Gasteiger partial charge in [0.05, 0.1) is 20.2 Å². The summed E-state index contributed by atoms with van der Waals surface area (Å²) in [6, 6.07) is 7.26. The molecule has 0 saturated heterocycles. The molecule has 1 aromatic heterocycles. The van der Waals surface area contributed by atoms with Crippen LogP contribution in [0.15, 0.2) is 30.3 Å². The maximum atomic E-state index is 11.0. The predicted octanol–water partition coefficient (Wildman–Crippen LogP) is 3.51. The Balaban J connectivity index is 2.08. The van der Waals surface area contributed by atoms with E-state index in [4.69, 9.17) is 11.6 Å². The highest BCUT2D eigenvalue weighted by Gasteiger charge is 2.18. The van der Waals surface area contributed by atoms with Gasteiger partial charge >= 0.3 is 0 Å². The van der Waals surface area contributed by atoms with E-state index in [2.05, 4.69) is 5.32 Å². The molecule has 2 aromatic rings. The van der Waals surface area contributed by atoms with Gasteiger partial charge in [-0.25, -0.2) is 0 Å². The van der Waals surface area contributed by atoms with Crippen LogP contribution in [0.1, 0.15) is 10.4 Å². The molecule has 0 bridgehead atoms. The fourth-order valence-corrected chi connectivity index (χ4v) is 2.81. The van der Waals surface area contributed by atoms with Gasteiger partial charge in [-0.3, -0.25) is 20.2 Å². The summed E-state index contributed by atoms with van der Waals surface area (Å²) in [5.41, 5.74) is -0.162. The summed E-state index contributed by atoms with van der Waals surface area (Å²) < 4.78 is 0.674. The Bertz CT molecular complexity index is 689. The van der Waals surface area contributed by atoms with Crippen LogP contribution in [0.3, 0.4) is 0 Å². The number of nitrogens with zero attached hydrogens (tertiary/aromatic N) is 2. The summed E-state index contributed by atoms with van der Waals surface area (Å²) in [4.78, 5) is 21.3.